The number of esters is 2. The molecule has 0 saturated carbocycles. The zero-order valence-corrected chi connectivity index (χ0v) is 11.3. The molecule has 4 heteroatoms. The van der Waals surface area contributed by atoms with Crippen LogP contribution >= 0.6 is 0 Å². The van der Waals surface area contributed by atoms with Crippen molar-refractivity contribution in [2.24, 2.45) is 5.92 Å². The number of ether oxygens (including phenoxy) is 2. The van der Waals surface area contributed by atoms with Crippen molar-refractivity contribution in [2.45, 2.75) is 59.5 Å². The Kier molecular flexibility index (Phi) is 8.46. The standard InChI is InChI=1S/C13H24O4/c1-5-7-16-12(14)8-10(3)9-13(15)17-11(4)6-2/h10-11H,5-9H2,1-4H3. The van der Waals surface area contributed by atoms with Crippen molar-refractivity contribution >= 4 is 11.9 Å². The Labute approximate surface area is 104 Å². The van der Waals surface area contributed by atoms with Gasteiger partial charge in [0.25, 0.3) is 0 Å². The molecule has 0 aromatic heterocycles. The third-order valence-electron chi connectivity index (χ3n) is 2.40. The summed E-state index contributed by atoms with van der Waals surface area (Å²) in [7, 11) is 0. The molecule has 2 unspecified atom stereocenters. The predicted octanol–water partition coefficient (Wildman–Crippen LogP) is 2.70. The zero-order valence-electron chi connectivity index (χ0n) is 11.3. The first-order chi connectivity index (χ1) is 7.99. The van der Waals surface area contributed by atoms with Crippen LogP contribution in [0.2, 0.25) is 0 Å². The highest BCUT2D eigenvalue weighted by atomic mass is 16.5. The Morgan fingerprint density at radius 2 is 1.65 bits per heavy atom. The first-order valence-electron chi connectivity index (χ1n) is 6.34. The minimum absolute atomic E-state index is 0.0316. The lowest BCUT2D eigenvalue weighted by Crippen LogP contribution is -2.18. The van der Waals surface area contributed by atoms with Gasteiger partial charge in [-0.25, -0.2) is 0 Å². The van der Waals surface area contributed by atoms with E-state index in [0.29, 0.717) is 6.61 Å². The van der Waals surface area contributed by atoms with Gasteiger partial charge in [-0.05, 0) is 25.7 Å². The van der Waals surface area contributed by atoms with Crippen molar-refractivity contribution in [3.63, 3.8) is 0 Å². The number of hydrogen-bond acceptors (Lipinski definition) is 4. The van der Waals surface area contributed by atoms with E-state index in [0.717, 1.165) is 12.8 Å². The molecule has 0 fully saturated rings. The van der Waals surface area contributed by atoms with Crippen molar-refractivity contribution in [3.05, 3.63) is 0 Å². The fourth-order valence-electron chi connectivity index (χ4n) is 1.27. The van der Waals surface area contributed by atoms with Gasteiger partial charge in [-0.15, -0.1) is 0 Å². The molecule has 0 aliphatic heterocycles. The number of rotatable bonds is 8. The van der Waals surface area contributed by atoms with Crippen LogP contribution in [0.25, 0.3) is 0 Å². The molecule has 0 saturated heterocycles. The number of carbonyl (C=O) groups is 2. The second kappa shape index (κ2) is 9.02. The summed E-state index contributed by atoms with van der Waals surface area (Å²) in [6.45, 7) is 8.07. The molecular weight excluding hydrogens is 220 g/mol. The molecule has 0 N–H and O–H groups in total. The highest BCUT2D eigenvalue weighted by Crippen LogP contribution is 2.11. The first-order valence-corrected chi connectivity index (χ1v) is 6.34. The molecule has 0 heterocycles. The molecular formula is C13H24O4. The van der Waals surface area contributed by atoms with Gasteiger partial charge in [-0.1, -0.05) is 20.8 Å². The van der Waals surface area contributed by atoms with E-state index in [2.05, 4.69) is 0 Å². The maximum Gasteiger partial charge on any atom is 0.306 e. The topological polar surface area (TPSA) is 52.6 Å². The SMILES string of the molecule is CCCOC(=O)CC(C)CC(=O)OC(C)CC. The molecule has 0 bridgehead atoms. The van der Waals surface area contributed by atoms with Gasteiger partial charge in [-0.2, -0.15) is 0 Å². The van der Waals surface area contributed by atoms with Crippen molar-refractivity contribution in [1.29, 1.82) is 0 Å². The molecule has 100 valence electrons. The van der Waals surface area contributed by atoms with Crippen LogP contribution in [0.1, 0.15) is 53.4 Å². The van der Waals surface area contributed by atoms with E-state index in [1.807, 2.05) is 27.7 Å². The van der Waals surface area contributed by atoms with E-state index < -0.39 is 0 Å². The number of carbonyl (C=O) groups excluding carboxylic acids is 2. The van der Waals surface area contributed by atoms with E-state index in [4.69, 9.17) is 9.47 Å². The van der Waals surface area contributed by atoms with E-state index in [1.165, 1.54) is 0 Å². The van der Waals surface area contributed by atoms with Crippen LogP contribution in [0.4, 0.5) is 0 Å². The Bertz CT molecular complexity index is 238. The molecule has 0 amide bonds. The van der Waals surface area contributed by atoms with Crippen LogP contribution in [0.5, 0.6) is 0 Å². The third-order valence-corrected chi connectivity index (χ3v) is 2.40. The predicted molar refractivity (Wildman–Crippen MR) is 65.5 cm³/mol. The van der Waals surface area contributed by atoms with Gasteiger partial charge in [0.15, 0.2) is 0 Å². The second-order valence-corrected chi connectivity index (χ2v) is 4.44. The zero-order chi connectivity index (χ0) is 13.3. The minimum atomic E-state index is -0.241. The number of hydrogen-bond donors (Lipinski definition) is 0. The Morgan fingerprint density at radius 3 is 2.18 bits per heavy atom. The van der Waals surface area contributed by atoms with Crippen LogP contribution in [0.3, 0.4) is 0 Å². The van der Waals surface area contributed by atoms with Gasteiger partial charge in [0.1, 0.15) is 0 Å². The molecule has 17 heavy (non-hydrogen) atoms. The van der Waals surface area contributed by atoms with Crippen molar-refractivity contribution in [2.75, 3.05) is 6.61 Å². The molecule has 0 rings (SSSR count). The average molecular weight is 244 g/mol. The Balaban J connectivity index is 3.80. The van der Waals surface area contributed by atoms with Gasteiger partial charge in [-0.3, -0.25) is 9.59 Å². The maximum absolute atomic E-state index is 11.4. The van der Waals surface area contributed by atoms with E-state index in [1.54, 1.807) is 0 Å². The Hall–Kier alpha value is -1.06. The summed E-state index contributed by atoms with van der Waals surface area (Å²) in [5.74, 6) is -0.512. The molecule has 0 spiro atoms. The summed E-state index contributed by atoms with van der Waals surface area (Å²) in [6, 6.07) is 0. The summed E-state index contributed by atoms with van der Waals surface area (Å²) in [5.41, 5.74) is 0. The van der Waals surface area contributed by atoms with Crippen molar-refractivity contribution in [1.82, 2.24) is 0 Å². The highest BCUT2D eigenvalue weighted by molar-refractivity contribution is 5.73. The second-order valence-electron chi connectivity index (χ2n) is 4.44. The van der Waals surface area contributed by atoms with Gasteiger partial charge in [0.05, 0.1) is 12.7 Å². The van der Waals surface area contributed by atoms with E-state index in [9.17, 15) is 9.59 Å². The largest absolute Gasteiger partial charge is 0.466 e. The summed E-state index contributed by atoms with van der Waals surface area (Å²) >= 11 is 0. The maximum atomic E-state index is 11.4. The van der Waals surface area contributed by atoms with Gasteiger partial charge < -0.3 is 9.47 Å². The molecule has 0 aromatic carbocycles. The molecule has 0 aliphatic rings. The van der Waals surface area contributed by atoms with Crippen molar-refractivity contribution in [3.8, 4) is 0 Å². The third kappa shape index (κ3) is 8.72. The normalized spacial score (nSPS) is 13.9. The fourth-order valence-corrected chi connectivity index (χ4v) is 1.27. The smallest absolute Gasteiger partial charge is 0.306 e. The lowest BCUT2D eigenvalue weighted by molar-refractivity contribution is -0.150. The van der Waals surface area contributed by atoms with E-state index >= 15 is 0 Å². The first kappa shape index (κ1) is 15.9. The van der Waals surface area contributed by atoms with Crippen LogP contribution in [-0.2, 0) is 19.1 Å². The summed E-state index contributed by atoms with van der Waals surface area (Å²) in [4.78, 5) is 22.7. The van der Waals surface area contributed by atoms with Crippen LogP contribution in [-0.4, -0.2) is 24.6 Å². The van der Waals surface area contributed by atoms with Crippen LogP contribution in [0, 0.1) is 5.92 Å². The molecule has 0 aromatic rings. The lowest BCUT2D eigenvalue weighted by atomic mass is 10.0. The fraction of sp³-hybridized carbons (Fsp3) is 0.846. The average Bonchev–Trinajstić information content (AvgIpc) is 2.25. The highest BCUT2D eigenvalue weighted by Gasteiger charge is 2.16. The van der Waals surface area contributed by atoms with Crippen LogP contribution in [0.15, 0.2) is 0 Å². The molecule has 4 nitrogen and oxygen atoms in total. The monoisotopic (exact) mass is 244 g/mol. The molecule has 0 radical (unpaired) electrons. The van der Waals surface area contributed by atoms with Gasteiger partial charge >= 0.3 is 11.9 Å². The molecule has 2 atom stereocenters. The van der Waals surface area contributed by atoms with Crippen molar-refractivity contribution < 1.29 is 19.1 Å². The Morgan fingerprint density at radius 1 is 1.06 bits per heavy atom. The summed E-state index contributed by atoms with van der Waals surface area (Å²) < 4.78 is 10.1. The minimum Gasteiger partial charge on any atom is -0.466 e. The summed E-state index contributed by atoms with van der Waals surface area (Å²) in [6.07, 6.45) is 2.11. The molecule has 0 aliphatic carbocycles. The quantitative estimate of drug-likeness (QED) is 0.616. The van der Waals surface area contributed by atoms with Gasteiger partial charge in [0.2, 0.25) is 0 Å². The van der Waals surface area contributed by atoms with Crippen LogP contribution < -0.4 is 0 Å². The van der Waals surface area contributed by atoms with Gasteiger partial charge in [0, 0.05) is 12.8 Å². The summed E-state index contributed by atoms with van der Waals surface area (Å²) in [5, 5.41) is 0. The lowest BCUT2D eigenvalue weighted by Gasteiger charge is -2.13. The van der Waals surface area contributed by atoms with E-state index in [-0.39, 0.29) is 36.8 Å².